The Labute approximate surface area is 72.3 Å². The molecular weight excluding hydrogens is 214 g/mol. The molecule has 2 aliphatic rings. The van der Waals surface area contributed by atoms with Gasteiger partial charge in [-0.1, -0.05) is 5.16 Å². The summed E-state index contributed by atoms with van der Waals surface area (Å²) in [4.78, 5) is 5.09. The molecule has 1 fully saturated rings. The Morgan fingerprint density at radius 1 is 1.82 bits per heavy atom. The first-order chi connectivity index (χ1) is 5.28. The topological polar surface area (TPSA) is 51.0 Å². The van der Waals surface area contributed by atoms with Crippen molar-refractivity contribution < 1.29 is 14.7 Å². The van der Waals surface area contributed by atoms with Gasteiger partial charge in [-0.25, -0.2) is 0 Å². The summed E-state index contributed by atoms with van der Waals surface area (Å²) in [6.07, 6.45) is 0. The van der Waals surface area contributed by atoms with Crippen LogP contribution < -0.4 is 0 Å². The third-order valence-corrected chi connectivity index (χ3v) is 2.83. The Morgan fingerprint density at radius 3 is 3.27 bits per heavy atom. The quantitative estimate of drug-likeness (QED) is 0.684. The van der Waals surface area contributed by atoms with Gasteiger partial charge >= 0.3 is 0 Å². The number of nitrogens with zero attached hydrogens (tertiary/aromatic N) is 1. The molecule has 62 valence electrons. The van der Waals surface area contributed by atoms with E-state index >= 15 is 0 Å². The SMILES string of the molecule is OCC12COCC1C(Br)=NO2. The van der Waals surface area contributed by atoms with E-state index in [1.807, 2.05) is 0 Å². The average molecular weight is 222 g/mol. The van der Waals surface area contributed by atoms with E-state index in [0.29, 0.717) is 13.2 Å². The highest BCUT2D eigenvalue weighted by molar-refractivity contribution is 9.18. The Hall–Kier alpha value is -0.130. The Kier molecular flexibility index (Phi) is 1.66. The van der Waals surface area contributed by atoms with Crippen LogP contribution in [-0.4, -0.2) is 35.1 Å². The van der Waals surface area contributed by atoms with Crippen LogP contribution in [0.3, 0.4) is 0 Å². The van der Waals surface area contributed by atoms with Crippen LogP contribution >= 0.6 is 15.9 Å². The molecule has 1 N–H and O–H groups in total. The zero-order chi connectivity index (χ0) is 7.90. The second kappa shape index (κ2) is 2.43. The summed E-state index contributed by atoms with van der Waals surface area (Å²) < 4.78 is 5.92. The summed E-state index contributed by atoms with van der Waals surface area (Å²) in [5, 5.41) is 12.8. The van der Waals surface area contributed by atoms with Gasteiger partial charge in [0.2, 0.25) is 0 Å². The monoisotopic (exact) mass is 221 g/mol. The average Bonchev–Trinajstić information content (AvgIpc) is 2.53. The molecule has 2 aliphatic heterocycles. The molecule has 0 aliphatic carbocycles. The van der Waals surface area contributed by atoms with E-state index in [0.717, 1.165) is 4.62 Å². The molecule has 0 aromatic carbocycles. The molecule has 0 aromatic heterocycles. The molecule has 2 heterocycles. The highest BCUT2D eigenvalue weighted by Crippen LogP contribution is 2.37. The molecule has 5 heteroatoms. The lowest BCUT2D eigenvalue weighted by Crippen LogP contribution is -2.40. The summed E-state index contributed by atoms with van der Waals surface area (Å²) in [5.41, 5.74) is -0.598. The van der Waals surface area contributed by atoms with Gasteiger partial charge in [-0.05, 0) is 15.9 Å². The highest BCUT2D eigenvalue weighted by Gasteiger charge is 2.52. The summed E-state index contributed by atoms with van der Waals surface area (Å²) >= 11 is 3.26. The Balaban J connectivity index is 2.24. The summed E-state index contributed by atoms with van der Waals surface area (Å²) in [6.45, 7) is 0.952. The molecule has 2 atom stereocenters. The number of rotatable bonds is 1. The minimum absolute atomic E-state index is 0.0454. The van der Waals surface area contributed by atoms with Gasteiger partial charge in [0.1, 0.15) is 4.62 Å². The molecule has 4 nitrogen and oxygen atoms in total. The first-order valence-electron chi connectivity index (χ1n) is 3.39. The maximum atomic E-state index is 9.05. The van der Waals surface area contributed by atoms with Crippen molar-refractivity contribution in [2.75, 3.05) is 19.8 Å². The number of oxime groups is 1. The molecule has 2 rings (SSSR count). The molecule has 2 unspecified atom stereocenters. The lowest BCUT2D eigenvalue weighted by Gasteiger charge is -2.20. The largest absolute Gasteiger partial charge is 0.392 e. The predicted molar refractivity (Wildman–Crippen MR) is 41.6 cm³/mol. The highest BCUT2D eigenvalue weighted by atomic mass is 79.9. The molecule has 0 bridgehead atoms. The van der Waals surface area contributed by atoms with Gasteiger partial charge in [-0.2, -0.15) is 0 Å². The van der Waals surface area contributed by atoms with Gasteiger partial charge in [-0.15, -0.1) is 0 Å². The fourth-order valence-electron chi connectivity index (χ4n) is 1.36. The second-order valence-electron chi connectivity index (χ2n) is 2.80. The van der Waals surface area contributed by atoms with Gasteiger partial charge in [0, 0.05) is 0 Å². The van der Waals surface area contributed by atoms with Gasteiger partial charge in [0.25, 0.3) is 0 Å². The zero-order valence-corrected chi connectivity index (χ0v) is 7.37. The molecule has 1 saturated heterocycles. The zero-order valence-electron chi connectivity index (χ0n) is 5.79. The van der Waals surface area contributed by atoms with Crippen LogP contribution in [0.4, 0.5) is 0 Å². The number of hydrogen-bond donors (Lipinski definition) is 1. The molecule has 0 amide bonds. The van der Waals surface area contributed by atoms with Crippen LogP contribution in [0, 0.1) is 5.92 Å². The lowest BCUT2D eigenvalue weighted by molar-refractivity contribution is -0.0743. The second-order valence-corrected chi connectivity index (χ2v) is 3.61. The first-order valence-corrected chi connectivity index (χ1v) is 4.18. The number of aliphatic hydroxyl groups excluding tert-OH is 1. The van der Waals surface area contributed by atoms with Crippen molar-refractivity contribution in [1.29, 1.82) is 0 Å². The van der Waals surface area contributed by atoms with Crippen molar-refractivity contribution in [3.63, 3.8) is 0 Å². The summed E-state index contributed by atoms with van der Waals surface area (Å²) in [5.74, 6) is 0.0764. The van der Waals surface area contributed by atoms with Crippen LogP contribution in [-0.2, 0) is 9.57 Å². The van der Waals surface area contributed by atoms with E-state index in [9.17, 15) is 0 Å². The number of halogens is 1. The van der Waals surface area contributed by atoms with Gasteiger partial charge in [0.15, 0.2) is 5.60 Å². The fourth-order valence-corrected chi connectivity index (χ4v) is 1.98. The van der Waals surface area contributed by atoms with Crippen molar-refractivity contribution in [2.24, 2.45) is 11.1 Å². The van der Waals surface area contributed by atoms with Crippen LogP contribution in [0.2, 0.25) is 0 Å². The van der Waals surface area contributed by atoms with E-state index in [2.05, 4.69) is 21.1 Å². The van der Waals surface area contributed by atoms with Crippen LogP contribution in [0.1, 0.15) is 0 Å². The van der Waals surface area contributed by atoms with E-state index < -0.39 is 5.60 Å². The lowest BCUT2D eigenvalue weighted by atomic mass is 9.94. The third kappa shape index (κ3) is 0.913. The normalized spacial score (nSPS) is 41.6. The maximum absolute atomic E-state index is 9.05. The number of aliphatic hydroxyl groups is 1. The smallest absolute Gasteiger partial charge is 0.194 e. The molecule has 11 heavy (non-hydrogen) atoms. The van der Waals surface area contributed by atoms with Gasteiger partial charge in [-0.3, -0.25) is 0 Å². The maximum Gasteiger partial charge on any atom is 0.194 e. The van der Waals surface area contributed by atoms with Crippen molar-refractivity contribution in [1.82, 2.24) is 0 Å². The molecule has 0 aromatic rings. The van der Waals surface area contributed by atoms with Crippen molar-refractivity contribution in [3.8, 4) is 0 Å². The summed E-state index contributed by atoms with van der Waals surface area (Å²) in [7, 11) is 0. The molecular formula is C6H8BrNO3. The van der Waals surface area contributed by atoms with E-state index in [1.165, 1.54) is 0 Å². The van der Waals surface area contributed by atoms with E-state index in [4.69, 9.17) is 14.7 Å². The van der Waals surface area contributed by atoms with Gasteiger partial charge < -0.3 is 14.7 Å². The standard InChI is InChI=1S/C6H8BrNO3/c7-5-4-1-10-3-6(4,2-9)11-8-5/h4,9H,1-3H2. The van der Waals surface area contributed by atoms with E-state index in [1.54, 1.807) is 0 Å². The molecule has 0 saturated carbocycles. The Bertz CT molecular complexity index is 208. The first kappa shape index (κ1) is 7.52. The minimum Gasteiger partial charge on any atom is -0.392 e. The third-order valence-electron chi connectivity index (χ3n) is 2.14. The predicted octanol–water partition coefficient (Wildman–Crippen LogP) is 0.103. The van der Waals surface area contributed by atoms with Crippen molar-refractivity contribution in [2.45, 2.75) is 5.60 Å². The van der Waals surface area contributed by atoms with Gasteiger partial charge in [0.05, 0.1) is 25.7 Å². The number of fused-ring (bicyclic) bond motifs is 1. The molecule has 0 spiro atoms. The number of ether oxygens (including phenoxy) is 1. The Morgan fingerprint density at radius 2 is 2.64 bits per heavy atom. The molecule has 0 radical (unpaired) electrons. The van der Waals surface area contributed by atoms with E-state index in [-0.39, 0.29) is 12.5 Å². The number of hydrogen-bond acceptors (Lipinski definition) is 4. The van der Waals surface area contributed by atoms with Crippen LogP contribution in [0.15, 0.2) is 5.16 Å². The van der Waals surface area contributed by atoms with Crippen molar-refractivity contribution in [3.05, 3.63) is 0 Å². The minimum atomic E-state index is -0.598. The fraction of sp³-hybridized carbons (Fsp3) is 0.833. The van der Waals surface area contributed by atoms with Crippen LogP contribution in [0.5, 0.6) is 0 Å². The van der Waals surface area contributed by atoms with Crippen molar-refractivity contribution >= 4 is 20.6 Å². The summed E-state index contributed by atoms with van der Waals surface area (Å²) in [6, 6.07) is 0. The van der Waals surface area contributed by atoms with Crippen LogP contribution in [0.25, 0.3) is 0 Å².